The van der Waals surface area contributed by atoms with Gasteiger partial charge in [0, 0.05) is 13.1 Å². The molecule has 2 aromatic rings. The quantitative estimate of drug-likeness (QED) is 0.731. The van der Waals surface area contributed by atoms with Gasteiger partial charge in [-0.15, -0.1) is 0 Å². The second-order valence-electron chi connectivity index (χ2n) is 4.95. The number of aromatic hydroxyl groups is 2. The number of likely N-dealkylation sites (N-methyl/N-ethyl adjacent to an activating group) is 1. The first-order valence-corrected chi connectivity index (χ1v) is 6.48. The molecule has 2 rings (SSSR count). The number of phenolic OH excluding ortho intramolecular Hbond substituents is 2. The van der Waals surface area contributed by atoms with E-state index in [4.69, 9.17) is 0 Å². The minimum absolute atomic E-state index is 0.182. The lowest BCUT2D eigenvalue weighted by Gasteiger charge is -2.21. The highest BCUT2D eigenvalue weighted by atomic mass is 16.3. The zero-order chi connectivity index (χ0) is 14.5. The SMILES string of the molecule is CN(Cc1ccccc1)C[C@@H](O)c1ccc(O)c(O)c1. The van der Waals surface area contributed by atoms with Gasteiger partial charge in [0.2, 0.25) is 0 Å². The maximum absolute atomic E-state index is 10.1. The van der Waals surface area contributed by atoms with Gasteiger partial charge in [-0.05, 0) is 30.3 Å². The number of hydrogen-bond donors (Lipinski definition) is 3. The number of phenols is 2. The minimum Gasteiger partial charge on any atom is -0.504 e. The van der Waals surface area contributed by atoms with Gasteiger partial charge in [-0.1, -0.05) is 36.4 Å². The van der Waals surface area contributed by atoms with Crippen molar-refractivity contribution >= 4 is 0 Å². The smallest absolute Gasteiger partial charge is 0.157 e. The molecule has 0 aliphatic rings. The number of aliphatic hydroxyl groups is 1. The van der Waals surface area contributed by atoms with Crippen molar-refractivity contribution in [3.05, 3.63) is 59.7 Å². The summed E-state index contributed by atoms with van der Waals surface area (Å²) in [5, 5.41) is 28.9. The largest absolute Gasteiger partial charge is 0.504 e. The third-order valence-corrected chi connectivity index (χ3v) is 3.16. The van der Waals surface area contributed by atoms with Crippen molar-refractivity contribution in [2.75, 3.05) is 13.6 Å². The number of aliphatic hydroxyl groups excluding tert-OH is 1. The molecule has 106 valence electrons. The molecule has 3 N–H and O–H groups in total. The zero-order valence-corrected chi connectivity index (χ0v) is 11.4. The molecule has 0 fully saturated rings. The summed E-state index contributed by atoms with van der Waals surface area (Å²) in [6.45, 7) is 1.18. The highest BCUT2D eigenvalue weighted by molar-refractivity contribution is 5.41. The summed E-state index contributed by atoms with van der Waals surface area (Å²) in [7, 11) is 1.93. The highest BCUT2D eigenvalue weighted by Crippen LogP contribution is 2.28. The Labute approximate surface area is 118 Å². The van der Waals surface area contributed by atoms with Crippen LogP contribution in [0.15, 0.2) is 48.5 Å². The molecule has 0 saturated carbocycles. The fourth-order valence-corrected chi connectivity index (χ4v) is 2.11. The van der Waals surface area contributed by atoms with Crippen molar-refractivity contribution in [2.45, 2.75) is 12.6 Å². The topological polar surface area (TPSA) is 63.9 Å². The Balaban J connectivity index is 1.96. The molecule has 4 nitrogen and oxygen atoms in total. The van der Waals surface area contributed by atoms with E-state index in [2.05, 4.69) is 0 Å². The molecule has 0 saturated heterocycles. The maximum Gasteiger partial charge on any atom is 0.157 e. The molecule has 0 spiro atoms. The van der Waals surface area contributed by atoms with Crippen LogP contribution in [0.5, 0.6) is 11.5 Å². The lowest BCUT2D eigenvalue weighted by Crippen LogP contribution is -2.24. The molecular formula is C16H19NO3. The molecule has 0 unspecified atom stereocenters. The Morgan fingerprint density at radius 2 is 1.70 bits per heavy atom. The summed E-state index contributed by atoms with van der Waals surface area (Å²) in [4.78, 5) is 2.00. The Bertz CT molecular complexity index is 557. The molecular weight excluding hydrogens is 254 g/mol. The molecule has 4 heteroatoms. The summed E-state index contributed by atoms with van der Waals surface area (Å²) in [5.41, 5.74) is 1.76. The first kappa shape index (κ1) is 14.4. The predicted molar refractivity (Wildman–Crippen MR) is 77.5 cm³/mol. The summed E-state index contributed by atoms with van der Waals surface area (Å²) < 4.78 is 0. The van der Waals surface area contributed by atoms with Crippen molar-refractivity contribution in [1.29, 1.82) is 0 Å². The molecule has 0 radical (unpaired) electrons. The molecule has 0 bridgehead atoms. The van der Waals surface area contributed by atoms with Crippen molar-refractivity contribution in [3.63, 3.8) is 0 Å². The summed E-state index contributed by atoms with van der Waals surface area (Å²) in [5.74, 6) is -0.397. The van der Waals surface area contributed by atoms with Crippen LogP contribution in [0.4, 0.5) is 0 Å². The normalized spacial score (nSPS) is 12.6. The van der Waals surface area contributed by atoms with E-state index in [0.29, 0.717) is 12.1 Å². The van der Waals surface area contributed by atoms with Crippen LogP contribution in [0.2, 0.25) is 0 Å². The summed E-state index contributed by atoms with van der Waals surface area (Å²) in [6.07, 6.45) is -0.713. The van der Waals surface area contributed by atoms with Crippen LogP contribution in [0.25, 0.3) is 0 Å². The second-order valence-corrected chi connectivity index (χ2v) is 4.95. The molecule has 0 aliphatic heterocycles. The highest BCUT2D eigenvalue weighted by Gasteiger charge is 2.12. The van der Waals surface area contributed by atoms with Crippen LogP contribution in [0.3, 0.4) is 0 Å². The standard InChI is InChI=1S/C16H19NO3/c1-17(10-12-5-3-2-4-6-12)11-16(20)13-7-8-14(18)15(19)9-13/h2-9,16,18-20H,10-11H2,1H3/t16-/m1/s1. The lowest BCUT2D eigenvalue weighted by atomic mass is 10.1. The second kappa shape index (κ2) is 6.41. The molecule has 1 atom stereocenters. The number of hydrogen-bond acceptors (Lipinski definition) is 4. The molecule has 0 aliphatic carbocycles. The van der Waals surface area contributed by atoms with Crippen molar-refractivity contribution in [3.8, 4) is 11.5 Å². The van der Waals surface area contributed by atoms with Gasteiger partial charge in [0.25, 0.3) is 0 Å². The van der Waals surface area contributed by atoms with Gasteiger partial charge in [0.1, 0.15) is 0 Å². The van der Waals surface area contributed by atoms with E-state index in [-0.39, 0.29) is 11.5 Å². The molecule has 20 heavy (non-hydrogen) atoms. The van der Waals surface area contributed by atoms with Gasteiger partial charge in [0.15, 0.2) is 11.5 Å². The van der Waals surface area contributed by atoms with Crippen molar-refractivity contribution in [1.82, 2.24) is 4.90 Å². The van der Waals surface area contributed by atoms with Gasteiger partial charge in [-0.3, -0.25) is 4.90 Å². The van der Waals surface area contributed by atoms with E-state index in [1.807, 2.05) is 42.3 Å². The van der Waals surface area contributed by atoms with Crippen LogP contribution >= 0.6 is 0 Å². The lowest BCUT2D eigenvalue weighted by molar-refractivity contribution is 0.123. The van der Waals surface area contributed by atoms with Crippen LogP contribution in [0, 0.1) is 0 Å². The third kappa shape index (κ3) is 3.73. The Hall–Kier alpha value is -2.04. The minimum atomic E-state index is -0.713. The molecule has 0 aromatic heterocycles. The van der Waals surface area contributed by atoms with E-state index >= 15 is 0 Å². The number of nitrogens with zero attached hydrogens (tertiary/aromatic N) is 1. The number of rotatable bonds is 5. The van der Waals surface area contributed by atoms with Crippen LogP contribution in [0.1, 0.15) is 17.2 Å². The fraction of sp³-hybridized carbons (Fsp3) is 0.250. The van der Waals surface area contributed by atoms with Crippen molar-refractivity contribution in [2.24, 2.45) is 0 Å². The van der Waals surface area contributed by atoms with Gasteiger partial charge in [0.05, 0.1) is 6.10 Å². The van der Waals surface area contributed by atoms with Gasteiger partial charge in [-0.25, -0.2) is 0 Å². The summed E-state index contributed by atoms with van der Waals surface area (Å²) >= 11 is 0. The number of benzene rings is 2. The van der Waals surface area contributed by atoms with E-state index < -0.39 is 6.10 Å². The average molecular weight is 273 g/mol. The molecule has 0 amide bonds. The first-order chi connectivity index (χ1) is 9.56. The zero-order valence-electron chi connectivity index (χ0n) is 11.4. The predicted octanol–water partition coefficient (Wildman–Crippen LogP) is 2.26. The average Bonchev–Trinajstić information content (AvgIpc) is 2.42. The van der Waals surface area contributed by atoms with E-state index in [1.54, 1.807) is 6.07 Å². The van der Waals surface area contributed by atoms with E-state index in [9.17, 15) is 15.3 Å². The van der Waals surface area contributed by atoms with Crippen molar-refractivity contribution < 1.29 is 15.3 Å². The van der Waals surface area contributed by atoms with E-state index in [0.717, 1.165) is 6.54 Å². The van der Waals surface area contributed by atoms with E-state index in [1.165, 1.54) is 17.7 Å². The van der Waals surface area contributed by atoms with Gasteiger partial charge < -0.3 is 15.3 Å². The molecule has 2 aromatic carbocycles. The summed E-state index contributed by atoms with van der Waals surface area (Å²) in [6, 6.07) is 14.4. The Morgan fingerprint density at radius 1 is 1.00 bits per heavy atom. The Morgan fingerprint density at radius 3 is 2.35 bits per heavy atom. The third-order valence-electron chi connectivity index (χ3n) is 3.16. The monoisotopic (exact) mass is 273 g/mol. The molecule has 0 heterocycles. The first-order valence-electron chi connectivity index (χ1n) is 6.48. The van der Waals surface area contributed by atoms with Crippen LogP contribution in [-0.4, -0.2) is 33.8 Å². The fourth-order valence-electron chi connectivity index (χ4n) is 2.11. The Kier molecular flexibility index (Phi) is 4.61. The van der Waals surface area contributed by atoms with Crippen LogP contribution < -0.4 is 0 Å². The van der Waals surface area contributed by atoms with Gasteiger partial charge >= 0.3 is 0 Å². The van der Waals surface area contributed by atoms with Crippen LogP contribution in [-0.2, 0) is 6.54 Å². The van der Waals surface area contributed by atoms with Gasteiger partial charge in [-0.2, -0.15) is 0 Å². The maximum atomic E-state index is 10.1.